The molecule has 2 atom stereocenters. The van der Waals surface area contributed by atoms with Crippen molar-refractivity contribution >= 4 is 10.0 Å². The molecule has 1 aromatic heterocycles. The van der Waals surface area contributed by atoms with E-state index in [-0.39, 0.29) is 17.2 Å². The van der Waals surface area contributed by atoms with Gasteiger partial charge in [-0.25, -0.2) is 13.1 Å². The molecule has 4 N–H and O–H groups in total. The fourth-order valence-electron chi connectivity index (χ4n) is 1.31. The Labute approximate surface area is 100 Å². The van der Waals surface area contributed by atoms with E-state index < -0.39 is 22.2 Å². The Bertz CT molecular complexity index is 461. The van der Waals surface area contributed by atoms with Crippen molar-refractivity contribution in [2.75, 3.05) is 6.54 Å². The first-order chi connectivity index (χ1) is 7.75. The van der Waals surface area contributed by atoms with Gasteiger partial charge in [0.1, 0.15) is 10.6 Å². The van der Waals surface area contributed by atoms with Crippen LogP contribution in [-0.2, 0) is 10.0 Å². The van der Waals surface area contributed by atoms with Gasteiger partial charge in [-0.05, 0) is 20.8 Å². The van der Waals surface area contributed by atoms with Crippen LogP contribution in [0.4, 0.5) is 0 Å². The predicted molar refractivity (Wildman–Crippen MR) is 60.8 cm³/mol. The Morgan fingerprint density at radius 2 is 2.12 bits per heavy atom. The summed E-state index contributed by atoms with van der Waals surface area (Å²) in [6.07, 6.45) is -0.789. The molecule has 0 bridgehead atoms. The summed E-state index contributed by atoms with van der Waals surface area (Å²) < 4.78 is 30.9. The van der Waals surface area contributed by atoms with E-state index in [2.05, 4.69) is 9.88 Å². The van der Waals surface area contributed by atoms with Crippen LogP contribution in [0.5, 0.6) is 0 Å². The lowest BCUT2D eigenvalue weighted by atomic mass is 10.2. The minimum Gasteiger partial charge on any atom is -0.392 e. The highest BCUT2D eigenvalue weighted by molar-refractivity contribution is 7.89. The van der Waals surface area contributed by atoms with Gasteiger partial charge in [-0.1, -0.05) is 5.16 Å². The lowest BCUT2D eigenvalue weighted by molar-refractivity contribution is 0.164. The molecular weight excluding hydrogens is 246 g/mol. The largest absolute Gasteiger partial charge is 0.392 e. The van der Waals surface area contributed by atoms with E-state index in [9.17, 15) is 8.42 Å². The molecule has 98 valence electrons. The third kappa shape index (κ3) is 3.25. The van der Waals surface area contributed by atoms with Gasteiger partial charge in [0.15, 0.2) is 5.76 Å². The molecule has 17 heavy (non-hydrogen) atoms. The van der Waals surface area contributed by atoms with Crippen LogP contribution in [0.2, 0.25) is 0 Å². The molecule has 7 nitrogen and oxygen atoms in total. The van der Waals surface area contributed by atoms with Crippen molar-refractivity contribution in [1.29, 1.82) is 0 Å². The number of aliphatic hydroxyl groups excluding tert-OH is 1. The molecule has 0 aliphatic rings. The first-order valence-corrected chi connectivity index (χ1v) is 6.60. The zero-order valence-electron chi connectivity index (χ0n) is 9.97. The number of nitrogens with two attached hydrogens (primary N) is 1. The maximum absolute atomic E-state index is 11.9. The third-order valence-electron chi connectivity index (χ3n) is 2.37. The molecule has 0 saturated heterocycles. The van der Waals surface area contributed by atoms with Crippen molar-refractivity contribution < 1.29 is 18.0 Å². The van der Waals surface area contributed by atoms with Gasteiger partial charge in [-0.15, -0.1) is 0 Å². The van der Waals surface area contributed by atoms with E-state index in [4.69, 9.17) is 15.4 Å². The SMILES string of the molecule is Cc1noc(C)c1S(=O)(=O)NCC(N)C(C)O. The average Bonchev–Trinajstić information content (AvgIpc) is 2.55. The first kappa shape index (κ1) is 14.1. The molecule has 0 spiro atoms. The number of aromatic nitrogens is 1. The highest BCUT2D eigenvalue weighted by atomic mass is 32.2. The number of rotatable bonds is 5. The van der Waals surface area contributed by atoms with Gasteiger partial charge in [0.2, 0.25) is 10.0 Å². The molecule has 0 fully saturated rings. The molecule has 1 rings (SSSR count). The van der Waals surface area contributed by atoms with Crippen molar-refractivity contribution in [1.82, 2.24) is 9.88 Å². The van der Waals surface area contributed by atoms with Gasteiger partial charge in [0.05, 0.1) is 6.10 Å². The lowest BCUT2D eigenvalue weighted by Gasteiger charge is -2.15. The van der Waals surface area contributed by atoms with E-state index in [1.165, 1.54) is 13.8 Å². The summed E-state index contributed by atoms with van der Waals surface area (Å²) in [4.78, 5) is 0.0234. The summed E-state index contributed by atoms with van der Waals surface area (Å²) >= 11 is 0. The monoisotopic (exact) mass is 263 g/mol. The summed E-state index contributed by atoms with van der Waals surface area (Å²) in [5.74, 6) is 0.223. The van der Waals surface area contributed by atoms with Crippen LogP contribution < -0.4 is 10.5 Å². The molecule has 0 radical (unpaired) electrons. The lowest BCUT2D eigenvalue weighted by Crippen LogP contribution is -2.43. The van der Waals surface area contributed by atoms with Gasteiger partial charge in [-0.3, -0.25) is 0 Å². The Kier molecular flexibility index (Phi) is 4.26. The Hall–Kier alpha value is -0.960. The van der Waals surface area contributed by atoms with Gasteiger partial charge in [0.25, 0.3) is 0 Å². The second-order valence-corrected chi connectivity index (χ2v) is 5.61. The maximum Gasteiger partial charge on any atom is 0.246 e. The smallest absolute Gasteiger partial charge is 0.246 e. The Morgan fingerprint density at radius 3 is 2.53 bits per heavy atom. The number of nitrogens with one attached hydrogen (secondary N) is 1. The quantitative estimate of drug-likeness (QED) is 0.645. The molecule has 8 heteroatoms. The minimum atomic E-state index is -3.70. The normalized spacial score (nSPS) is 15.8. The molecular formula is C9H17N3O4S. The van der Waals surface area contributed by atoms with Gasteiger partial charge in [0, 0.05) is 12.6 Å². The molecule has 0 aromatic carbocycles. The predicted octanol–water partition coefficient (Wildman–Crippen LogP) is -0.722. The molecule has 1 heterocycles. The zero-order valence-corrected chi connectivity index (χ0v) is 10.8. The van der Waals surface area contributed by atoms with Crippen LogP contribution in [0.15, 0.2) is 9.42 Å². The second kappa shape index (κ2) is 5.13. The summed E-state index contributed by atoms with van der Waals surface area (Å²) in [5.41, 5.74) is 5.83. The second-order valence-electron chi connectivity index (χ2n) is 3.91. The fourth-order valence-corrected chi connectivity index (χ4v) is 2.71. The van der Waals surface area contributed by atoms with E-state index >= 15 is 0 Å². The van der Waals surface area contributed by atoms with Crippen LogP contribution >= 0.6 is 0 Å². The Balaban J connectivity index is 2.84. The van der Waals surface area contributed by atoms with Gasteiger partial charge < -0.3 is 15.4 Å². The number of nitrogens with zero attached hydrogens (tertiary/aromatic N) is 1. The summed E-state index contributed by atoms with van der Waals surface area (Å²) in [5, 5.41) is 12.7. The van der Waals surface area contributed by atoms with Crippen molar-refractivity contribution in [3.8, 4) is 0 Å². The van der Waals surface area contributed by atoms with Crippen molar-refractivity contribution in [2.45, 2.75) is 37.8 Å². The highest BCUT2D eigenvalue weighted by Gasteiger charge is 2.24. The number of sulfonamides is 1. The number of hydrogen-bond donors (Lipinski definition) is 3. The van der Waals surface area contributed by atoms with Gasteiger partial charge in [-0.2, -0.15) is 0 Å². The fraction of sp³-hybridized carbons (Fsp3) is 0.667. The first-order valence-electron chi connectivity index (χ1n) is 5.12. The van der Waals surface area contributed by atoms with E-state index in [0.717, 1.165) is 0 Å². The van der Waals surface area contributed by atoms with Crippen LogP contribution in [0.1, 0.15) is 18.4 Å². The molecule has 2 unspecified atom stereocenters. The summed E-state index contributed by atoms with van der Waals surface area (Å²) in [6, 6.07) is -0.662. The zero-order chi connectivity index (χ0) is 13.2. The van der Waals surface area contributed by atoms with E-state index in [1.807, 2.05) is 0 Å². The number of aryl methyl sites for hydroxylation is 2. The van der Waals surface area contributed by atoms with Crippen molar-refractivity contribution in [2.24, 2.45) is 5.73 Å². The molecule has 0 saturated carbocycles. The van der Waals surface area contributed by atoms with Crippen molar-refractivity contribution in [3.05, 3.63) is 11.5 Å². The number of aliphatic hydroxyl groups is 1. The van der Waals surface area contributed by atoms with Crippen molar-refractivity contribution in [3.63, 3.8) is 0 Å². The van der Waals surface area contributed by atoms with E-state index in [0.29, 0.717) is 5.69 Å². The molecule has 0 aliphatic carbocycles. The molecule has 0 amide bonds. The number of hydrogen-bond acceptors (Lipinski definition) is 6. The van der Waals surface area contributed by atoms with E-state index in [1.54, 1.807) is 6.92 Å². The minimum absolute atomic E-state index is 0.0234. The summed E-state index contributed by atoms with van der Waals surface area (Å²) in [6.45, 7) is 4.50. The summed E-state index contributed by atoms with van der Waals surface area (Å²) in [7, 11) is -3.70. The molecule has 1 aromatic rings. The van der Waals surface area contributed by atoms with Gasteiger partial charge >= 0.3 is 0 Å². The molecule has 0 aliphatic heterocycles. The van der Waals surface area contributed by atoms with Crippen LogP contribution in [-0.4, -0.2) is 37.4 Å². The Morgan fingerprint density at radius 1 is 1.53 bits per heavy atom. The third-order valence-corrected chi connectivity index (χ3v) is 4.03. The maximum atomic E-state index is 11.9. The van der Waals surface area contributed by atoms with Crippen LogP contribution in [0.25, 0.3) is 0 Å². The topological polar surface area (TPSA) is 118 Å². The highest BCUT2D eigenvalue weighted by Crippen LogP contribution is 2.18. The standard InChI is InChI=1S/C9H17N3O4S/c1-5-9(7(3)16-12-5)17(14,15)11-4-8(10)6(2)13/h6,8,11,13H,4,10H2,1-3H3. The average molecular weight is 263 g/mol. The van der Waals surface area contributed by atoms with Crippen LogP contribution in [0, 0.1) is 13.8 Å². The van der Waals surface area contributed by atoms with Crippen LogP contribution in [0.3, 0.4) is 0 Å².